The van der Waals surface area contributed by atoms with Gasteiger partial charge in [0.2, 0.25) is 0 Å². The van der Waals surface area contributed by atoms with Crippen molar-refractivity contribution in [3.63, 3.8) is 0 Å². The van der Waals surface area contributed by atoms with Crippen LogP contribution in [-0.2, 0) is 0 Å². The minimum Gasteiger partial charge on any atom is -0.399 e. The van der Waals surface area contributed by atoms with E-state index in [1.54, 1.807) is 6.07 Å². The molecule has 100 valence electrons. The second kappa shape index (κ2) is 6.64. The van der Waals surface area contributed by atoms with E-state index in [1.807, 2.05) is 23.1 Å². The molecule has 2 rings (SSSR count). The number of carbonyl (C=O) groups excluding carboxylic acids is 1. The predicted octanol–water partition coefficient (Wildman–Crippen LogP) is 3.10. The SMILES string of the molecule is CC1CCCCCN1C(=O)c1cccc(N)c1.Cl. The average molecular weight is 269 g/mol. The molecule has 18 heavy (non-hydrogen) atoms. The highest BCUT2D eigenvalue weighted by Crippen LogP contribution is 2.19. The number of rotatable bonds is 1. The molecule has 1 aliphatic rings. The smallest absolute Gasteiger partial charge is 0.254 e. The summed E-state index contributed by atoms with van der Waals surface area (Å²) in [5, 5.41) is 0. The summed E-state index contributed by atoms with van der Waals surface area (Å²) in [5.74, 6) is 0.117. The van der Waals surface area contributed by atoms with Crippen molar-refractivity contribution in [1.82, 2.24) is 4.90 Å². The zero-order chi connectivity index (χ0) is 12.3. The summed E-state index contributed by atoms with van der Waals surface area (Å²) >= 11 is 0. The summed E-state index contributed by atoms with van der Waals surface area (Å²) in [7, 11) is 0. The van der Waals surface area contributed by atoms with Gasteiger partial charge in [-0.05, 0) is 38.0 Å². The molecule has 1 aliphatic heterocycles. The number of nitrogens with two attached hydrogens (primary N) is 1. The van der Waals surface area contributed by atoms with Crippen LogP contribution >= 0.6 is 12.4 Å². The highest BCUT2D eigenvalue weighted by molar-refractivity contribution is 5.95. The van der Waals surface area contributed by atoms with Crippen LogP contribution in [0.25, 0.3) is 0 Å². The molecule has 1 aromatic carbocycles. The standard InChI is InChI=1S/C14H20N2O.ClH/c1-11-6-3-2-4-9-16(11)14(17)12-7-5-8-13(15)10-12;/h5,7-8,10-11H,2-4,6,9,15H2,1H3;1H. The summed E-state index contributed by atoms with van der Waals surface area (Å²) in [6, 6.07) is 7.59. The number of hydrogen-bond acceptors (Lipinski definition) is 2. The van der Waals surface area contributed by atoms with Gasteiger partial charge in [0.25, 0.3) is 5.91 Å². The van der Waals surface area contributed by atoms with Crippen LogP contribution in [0.4, 0.5) is 5.69 Å². The van der Waals surface area contributed by atoms with Gasteiger partial charge in [0, 0.05) is 23.8 Å². The Morgan fingerprint density at radius 2 is 2.11 bits per heavy atom. The van der Waals surface area contributed by atoms with Gasteiger partial charge in [-0.2, -0.15) is 0 Å². The molecule has 0 aromatic heterocycles. The summed E-state index contributed by atoms with van der Waals surface area (Å²) in [4.78, 5) is 14.4. The molecule has 0 radical (unpaired) electrons. The normalized spacial score (nSPS) is 19.8. The van der Waals surface area contributed by atoms with E-state index in [-0.39, 0.29) is 18.3 Å². The summed E-state index contributed by atoms with van der Waals surface area (Å²) in [6.07, 6.45) is 4.67. The number of likely N-dealkylation sites (tertiary alicyclic amines) is 1. The molecule has 1 unspecified atom stereocenters. The van der Waals surface area contributed by atoms with Crippen LogP contribution < -0.4 is 5.73 Å². The first-order valence-electron chi connectivity index (χ1n) is 6.35. The van der Waals surface area contributed by atoms with Crippen molar-refractivity contribution in [2.45, 2.75) is 38.6 Å². The van der Waals surface area contributed by atoms with E-state index < -0.39 is 0 Å². The number of anilines is 1. The summed E-state index contributed by atoms with van der Waals surface area (Å²) in [5.41, 5.74) is 7.08. The van der Waals surface area contributed by atoms with E-state index in [0.717, 1.165) is 19.4 Å². The van der Waals surface area contributed by atoms with Gasteiger partial charge in [-0.25, -0.2) is 0 Å². The molecule has 1 aromatic rings. The molecule has 0 saturated carbocycles. The van der Waals surface area contributed by atoms with Crippen LogP contribution in [0.5, 0.6) is 0 Å². The number of amides is 1. The van der Waals surface area contributed by atoms with Gasteiger partial charge < -0.3 is 10.6 Å². The Morgan fingerprint density at radius 1 is 1.33 bits per heavy atom. The second-order valence-corrected chi connectivity index (χ2v) is 4.82. The van der Waals surface area contributed by atoms with E-state index >= 15 is 0 Å². The molecule has 0 spiro atoms. The largest absolute Gasteiger partial charge is 0.399 e. The van der Waals surface area contributed by atoms with Crippen molar-refractivity contribution < 1.29 is 4.79 Å². The maximum Gasteiger partial charge on any atom is 0.254 e. The fourth-order valence-corrected chi connectivity index (χ4v) is 2.41. The third kappa shape index (κ3) is 3.39. The van der Waals surface area contributed by atoms with E-state index in [9.17, 15) is 4.79 Å². The minimum absolute atomic E-state index is 0. The lowest BCUT2D eigenvalue weighted by Gasteiger charge is -2.27. The van der Waals surface area contributed by atoms with Crippen LogP contribution in [0.3, 0.4) is 0 Å². The molecule has 4 heteroatoms. The van der Waals surface area contributed by atoms with Crippen molar-refractivity contribution in [2.24, 2.45) is 0 Å². The van der Waals surface area contributed by atoms with Gasteiger partial charge in [0.05, 0.1) is 0 Å². The summed E-state index contributed by atoms with van der Waals surface area (Å²) < 4.78 is 0. The molecule has 0 aliphatic carbocycles. The van der Waals surface area contributed by atoms with Crippen molar-refractivity contribution in [3.05, 3.63) is 29.8 Å². The maximum absolute atomic E-state index is 12.4. The van der Waals surface area contributed by atoms with Crippen LogP contribution in [0.2, 0.25) is 0 Å². The van der Waals surface area contributed by atoms with Crippen LogP contribution in [-0.4, -0.2) is 23.4 Å². The van der Waals surface area contributed by atoms with Gasteiger partial charge in [-0.15, -0.1) is 12.4 Å². The first kappa shape index (κ1) is 14.8. The lowest BCUT2D eigenvalue weighted by molar-refractivity contribution is 0.0698. The molecule has 3 nitrogen and oxygen atoms in total. The molecule has 1 heterocycles. The van der Waals surface area contributed by atoms with Crippen LogP contribution in [0.1, 0.15) is 43.0 Å². The van der Waals surface area contributed by atoms with E-state index in [0.29, 0.717) is 17.3 Å². The number of nitrogens with zero attached hydrogens (tertiary/aromatic N) is 1. The fraction of sp³-hybridized carbons (Fsp3) is 0.500. The van der Waals surface area contributed by atoms with Gasteiger partial charge in [0.15, 0.2) is 0 Å². The molecule has 1 fully saturated rings. The zero-order valence-electron chi connectivity index (χ0n) is 10.8. The fourth-order valence-electron chi connectivity index (χ4n) is 2.41. The maximum atomic E-state index is 12.4. The first-order valence-corrected chi connectivity index (χ1v) is 6.35. The third-order valence-corrected chi connectivity index (χ3v) is 3.45. The average Bonchev–Trinajstić information content (AvgIpc) is 2.53. The number of hydrogen-bond donors (Lipinski definition) is 1. The van der Waals surface area contributed by atoms with E-state index in [1.165, 1.54) is 12.8 Å². The molecule has 1 amide bonds. The predicted molar refractivity (Wildman–Crippen MR) is 77.1 cm³/mol. The Labute approximate surface area is 115 Å². The molecular formula is C14H21ClN2O. The number of halogens is 1. The van der Waals surface area contributed by atoms with Crippen molar-refractivity contribution in [2.75, 3.05) is 12.3 Å². The first-order chi connectivity index (χ1) is 8.18. The number of nitrogen functional groups attached to an aromatic ring is 1. The van der Waals surface area contributed by atoms with Crippen molar-refractivity contribution in [3.8, 4) is 0 Å². The van der Waals surface area contributed by atoms with Crippen molar-refractivity contribution in [1.29, 1.82) is 0 Å². The van der Waals surface area contributed by atoms with E-state index in [2.05, 4.69) is 6.92 Å². The molecule has 0 bridgehead atoms. The number of benzene rings is 1. The highest BCUT2D eigenvalue weighted by Gasteiger charge is 2.22. The lowest BCUT2D eigenvalue weighted by atomic mass is 10.1. The topological polar surface area (TPSA) is 46.3 Å². The van der Waals surface area contributed by atoms with Gasteiger partial charge >= 0.3 is 0 Å². The Hall–Kier alpha value is -1.22. The van der Waals surface area contributed by atoms with Crippen LogP contribution in [0, 0.1) is 0 Å². The molecule has 1 saturated heterocycles. The Morgan fingerprint density at radius 3 is 2.83 bits per heavy atom. The number of carbonyl (C=O) groups is 1. The van der Waals surface area contributed by atoms with Crippen molar-refractivity contribution >= 4 is 24.0 Å². The van der Waals surface area contributed by atoms with Gasteiger partial charge in [0.1, 0.15) is 0 Å². The van der Waals surface area contributed by atoms with Gasteiger partial charge in [-0.1, -0.05) is 18.9 Å². The Balaban J connectivity index is 0.00000162. The molecule has 2 N–H and O–H groups in total. The second-order valence-electron chi connectivity index (χ2n) is 4.82. The quantitative estimate of drug-likeness (QED) is 0.796. The monoisotopic (exact) mass is 268 g/mol. The van der Waals surface area contributed by atoms with E-state index in [4.69, 9.17) is 5.73 Å². The molecule has 1 atom stereocenters. The van der Waals surface area contributed by atoms with Gasteiger partial charge in [-0.3, -0.25) is 4.79 Å². The summed E-state index contributed by atoms with van der Waals surface area (Å²) in [6.45, 7) is 3.00. The highest BCUT2D eigenvalue weighted by atomic mass is 35.5. The third-order valence-electron chi connectivity index (χ3n) is 3.45. The zero-order valence-corrected chi connectivity index (χ0v) is 11.6. The minimum atomic E-state index is 0. The Bertz CT molecular complexity index is 409. The lowest BCUT2D eigenvalue weighted by Crippen LogP contribution is -2.38. The molecular weight excluding hydrogens is 248 g/mol. The Kier molecular flexibility index (Phi) is 5.48. The van der Waals surface area contributed by atoms with Crippen LogP contribution in [0.15, 0.2) is 24.3 Å².